The van der Waals surface area contributed by atoms with E-state index in [1.54, 1.807) is 23.0 Å². The second-order valence-corrected chi connectivity index (χ2v) is 3.48. The van der Waals surface area contributed by atoms with Gasteiger partial charge in [0, 0.05) is 0 Å². The van der Waals surface area contributed by atoms with Gasteiger partial charge in [-0.2, -0.15) is 5.10 Å². The van der Waals surface area contributed by atoms with Gasteiger partial charge in [0.05, 0.1) is 12.7 Å². The number of aromatic nitrogens is 2. The third-order valence-corrected chi connectivity index (χ3v) is 2.37. The summed E-state index contributed by atoms with van der Waals surface area (Å²) in [5, 5.41) is 4.07. The maximum Gasteiger partial charge on any atom is 0.123 e. The molecular formula is C11H12FN3. The van der Waals surface area contributed by atoms with Crippen molar-refractivity contribution in [3.05, 3.63) is 47.4 Å². The van der Waals surface area contributed by atoms with E-state index in [0.29, 0.717) is 12.4 Å². The van der Waals surface area contributed by atoms with E-state index < -0.39 is 0 Å². The first-order valence-corrected chi connectivity index (χ1v) is 4.69. The molecular weight excluding hydrogens is 193 g/mol. The molecule has 0 radical (unpaired) electrons. The summed E-state index contributed by atoms with van der Waals surface area (Å²) >= 11 is 0. The summed E-state index contributed by atoms with van der Waals surface area (Å²) in [5.41, 5.74) is 7.62. The van der Waals surface area contributed by atoms with E-state index in [1.165, 1.54) is 12.1 Å². The molecule has 0 atom stereocenters. The lowest BCUT2D eigenvalue weighted by Gasteiger charge is -2.07. The molecule has 0 bridgehead atoms. The minimum atomic E-state index is -0.218. The molecule has 0 fully saturated rings. The van der Waals surface area contributed by atoms with Gasteiger partial charge in [-0.25, -0.2) is 9.07 Å². The molecule has 0 aliphatic rings. The summed E-state index contributed by atoms with van der Waals surface area (Å²) in [7, 11) is 0. The maximum absolute atomic E-state index is 12.9. The van der Waals surface area contributed by atoms with E-state index in [4.69, 9.17) is 5.73 Å². The third-order valence-electron chi connectivity index (χ3n) is 2.37. The normalized spacial score (nSPS) is 10.5. The molecule has 4 heteroatoms. The number of rotatable bonds is 2. The zero-order valence-corrected chi connectivity index (χ0v) is 8.44. The lowest BCUT2D eigenvalue weighted by molar-refractivity contribution is 0.623. The molecule has 0 spiro atoms. The largest absolute Gasteiger partial charge is 0.384 e. The van der Waals surface area contributed by atoms with Crippen LogP contribution in [0.3, 0.4) is 0 Å². The molecule has 0 aliphatic heterocycles. The van der Waals surface area contributed by atoms with Crippen molar-refractivity contribution in [1.82, 2.24) is 9.78 Å². The van der Waals surface area contributed by atoms with Crippen LogP contribution in [-0.4, -0.2) is 9.78 Å². The summed E-state index contributed by atoms with van der Waals surface area (Å²) in [4.78, 5) is 0. The first-order valence-electron chi connectivity index (χ1n) is 4.69. The Balaban J connectivity index is 2.29. The third kappa shape index (κ3) is 1.98. The minimum absolute atomic E-state index is 0.218. The van der Waals surface area contributed by atoms with Crippen LogP contribution in [0.2, 0.25) is 0 Å². The van der Waals surface area contributed by atoms with Crippen molar-refractivity contribution in [3.63, 3.8) is 0 Å². The zero-order chi connectivity index (χ0) is 10.8. The molecule has 0 aliphatic carbocycles. The number of nitrogen functional groups attached to an aromatic ring is 1. The monoisotopic (exact) mass is 205 g/mol. The second-order valence-electron chi connectivity index (χ2n) is 3.48. The summed E-state index contributed by atoms with van der Waals surface area (Å²) in [6.45, 7) is 2.45. The average Bonchev–Trinajstić information content (AvgIpc) is 2.57. The van der Waals surface area contributed by atoms with E-state index in [1.807, 2.05) is 6.92 Å². The number of nitrogens with zero attached hydrogens (tertiary/aromatic N) is 2. The van der Waals surface area contributed by atoms with Crippen molar-refractivity contribution < 1.29 is 4.39 Å². The topological polar surface area (TPSA) is 43.8 Å². The molecule has 0 saturated carbocycles. The molecule has 0 saturated heterocycles. The Morgan fingerprint density at radius 3 is 2.80 bits per heavy atom. The zero-order valence-electron chi connectivity index (χ0n) is 8.44. The molecule has 2 rings (SSSR count). The molecule has 2 aromatic rings. The van der Waals surface area contributed by atoms with Crippen molar-refractivity contribution in [2.45, 2.75) is 13.5 Å². The van der Waals surface area contributed by atoms with E-state index in [9.17, 15) is 4.39 Å². The van der Waals surface area contributed by atoms with Gasteiger partial charge in [0.2, 0.25) is 0 Å². The molecule has 78 valence electrons. The van der Waals surface area contributed by atoms with Crippen LogP contribution in [0.4, 0.5) is 10.2 Å². The molecule has 3 nitrogen and oxygen atoms in total. The van der Waals surface area contributed by atoms with Crippen molar-refractivity contribution >= 4 is 5.82 Å². The highest BCUT2D eigenvalue weighted by atomic mass is 19.1. The van der Waals surface area contributed by atoms with E-state index in [2.05, 4.69) is 5.10 Å². The Kier molecular flexibility index (Phi) is 2.41. The van der Waals surface area contributed by atoms with Crippen LogP contribution in [0.15, 0.2) is 30.5 Å². The van der Waals surface area contributed by atoms with Gasteiger partial charge in [-0.15, -0.1) is 0 Å². The predicted octanol–water partition coefficient (Wildman–Crippen LogP) is 1.96. The molecule has 15 heavy (non-hydrogen) atoms. The lowest BCUT2D eigenvalue weighted by Crippen LogP contribution is -2.06. The van der Waals surface area contributed by atoms with Crippen molar-refractivity contribution in [2.75, 3.05) is 5.73 Å². The quantitative estimate of drug-likeness (QED) is 0.814. The SMILES string of the molecule is Cc1cc(F)ccc1Cn1nccc1N. The Morgan fingerprint density at radius 1 is 1.40 bits per heavy atom. The molecule has 1 aromatic heterocycles. The van der Waals surface area contributed by atoms with Gasteiger partial charge in [0.25, 0.3) is 0 Å². The first-order chi connectivity index (χ1) is 7.16. The highest BCUT2D eigenvalue weighted by Gasteiger charge is 2.03. The fourth-order valence-electron chi connectivity index (χ4n) is 1.47. The van der Waals surface area contributed by atoms with E-state index >= 15 is 0 Å². The van der Waals surface area contributed by atoms with Crippen LogP contribution < -0.4 is 5.73 Å². The van der Waals surface area contributed by atoms with Crippen LogP contribution in [0, 0.1) is 12.7 Å². The molecule has 1 heterocycles. The first kappa shape index (κ1) is 9.71. The standard InChI is InChI=1S/C11H12FN3/c1-8-6-10(12)3-2-9(8)7-15-11(13)4-5-14-15/h2-6H,7,13H2,1H3. The van der Waals surface area contributed by atoms with Gasteiger partial charge >= 0.3 is 0 Å². The number of nitrogens with two attached hydrogens (primary N) is 1. The summed E-state index contributed by atoms with van der Waals surface area (Å²) in [6.07, 6.45) is 1.65. The molecule has 2 N–H and O–H groups in total. The van der Waals surface area contributed by atoms with E-state index in [0.717, 1.165) is 11.1 Å². The van der Waals surface area contributed by atoms with Crippen molar-refractivity contribution in [3.8, 4) is 0 Å². The Hall–Kier alpha value is -1.84. The summed E-state index contributed by atoms with van der Waals surface area (Å²) < 4.78 is 14.5. The minimum Gasteiger partial charge on any atom is -0.384 e. The smallest absolute Gasteiger partial charge is 0.123 e. The number of hydrogen-bond acceptors (Lipinski definition) is 2. The average molecular weight is 205 g/mol. The molecule has 1 aromatic carbocycles. The van der Waals surface area contributed by atoms with Crippen molar-refractivity contribution in [2.24, 2.45) is 0 Å². The van der Waals surface area contributed by atoms with Crippen LogP contribution in [0.1, 0.15) is 11.1 Å². The van der Waals surface area contributed by atoms with Crippen LogP contribution in [-0.2, 0) is 6.54 Å². The number of aryl methyl sites for hydroxylation is 1. The Bertz CT molecular complexity index is 476. The molecule has 0 unspecified atom stereocenters. The highest BCUT2D eigenvalue weighted by Crippen LogP contribution is 2.13. The predicted molar refractivity (Wildman–Crippen MR) is 56.9 cm³/mol. The van der Waals surface area contributed by atoms with Gasteiger partial charge in [-0.3, -0.25) is 0 Å². The van der Waals surface area contributed by atoms with Crippen molar-refractivity contribution in [1.29, 1.82) is 0 Å². The Morgan fingerprint density at radius 2 is 2.20 bits per heavy atom. The van der Waals surface area contributed by atoms with Gasteiger partial charge in [0.15, 0.2) is 0 Å². The lowest BCUT2D eigenvalue weighted by atomic mass is 10.1. The Labute approximate surface area is 87.3 Å². The molecule has 0 amide bonds. The van der Waals surface area contributed by atoms with Crippen LogP contribution >= 0.6 is 0 Å². The summed E-state index contributed by atoms with van der Waals surface area (Å²) in [6, 6.07) is 6.45. The van der Waals surface area contributed by atoms with Gasteiger partial charge < -0.3 is 5.73 Å². The number of hydrogen-bond donors (Lipinski definition) is 1. The van der Waals surface area contributed by atoms with Crippen LogP contribution in [0.5, 0.6) is 0 Å². The number of benzene rings is 1. The van der Waals surface area contributed by atoms with Gasteiger partial charge in [-0.1, -0.05) is 6.07 Å². The fraction of sp³-hybridized carbons (Fsp3) is 0.182. The fourth-order valence-corrected chi connectivity index (χ4v) is 1.47. The van der Waals surface area contributed by atoms with Gasteiger partial charge in [-0.05, 0) is 36.2 Å². The van der Waals surface area contributed by atoms with Crippen LogP contribution in [0.25, 0.3) is 0 Å². The number of anilines is 1. The highest BCUT2D eigenvalue weighted by molar-refractivity contribution is 5.31. The van der Waals surface area contributed by atoms with Gasteiger partial charge in [0.1, 0.15) is 11.6 Å². The maximum atomic E-state index is 12.9. The summed E-state index contributed by atoms with van der Waals surface area (Å²) in [5.74, 6) is 0.392. The number of halogens is 1. The van der Waals surface area contributed by atoms with E-state index in [-0.39, 0.29) is 5.82 Å². The second kappa shape index (κ2) is 3.73.